The third-order valence-corrected chi connectivity index (χ3v) is 2.83. The van der Waals surface area contributed by atoms with Crippen molar-refractivity contribution in [3.05, 3.63) is 34.9 Å². The number of aliphatic hydroxyl groups excluding tert-OH is 1. The van der Waals surface area contributed by atoms with Crippen molar-refractivity contribution in [2.45, 2.75) is 37.8 Å². The Kier molecular flexibility index (Phi) is 4.70. The molecule has 1 aromatic rings. The molecule has 0 saturated carbocycles. The van der Waals surface area contributed by atoms with Crippen LogP contribution in [0.15, 0.2) is 18.2 Å². The largest absolute Gasteiger partial charge is 0.416 e. The Hall–Kier alpha value is -1.28. The van der Waals surface area contributed by atoms with Crippen LogP contribution < -0.4 is 5.73 Å². The van der Waals surface area contributed by atoms with Crippen LogP contribution in [0.2, 0.25) is 0 Å². The Labute approximate surface area is 111 Å². The third kappa shape index (κ3) is 3.86. The highest BCUT2D eigenvalue weighted by Crippen LogP contribution is 2.37. The summed E-state index contributed by atoms with van der Waals surface area (Å²) in [6.45, 7) is 1.52. The van der Waals surface area contributed by atoms with Crippen molar-refractivity contribution in [1.29, 1.82) is 0 Å². The van der Waals surface area contributed by atoms with Crippen LogP contribution in [0.5, 0.6) is 0 Å². The zero-order valence-electron chi connectivity index (χ0n) is 10.4. The fourth-order valence-corrected chi connectivity index (χ4v) is 1.65. The van der Waals surface area contributed by atoms with Crippen molar-refractivity contribution in [3.8, 4) is 0 Å². The molecule has 2 atom stereocenters. The molecule has 0 aromatic heterocycles. The normalized spacial score (nSPS) is 16.1. The number of aliphatic hydroxyl groups is 1. The SMILES string of the molecule is CC[C@@H](O)[C@@H](N)c1cc(C(F)(F)F)cc(C(F)(F)F)c1. The van der Waals surface area contributed by atoms with Gasteiger partial charge in [-0.2, -0.15) is 26.3 Å². The van der Waals surface area contributed by atoms with Gasteiger partial charge in [0, 0.05) is 0 Å². The van der Waals surface area contributed by atoms with Gasteiger partial charge in [0.1, 0.15) is 0 Å². The van der Waals surface area contributed by atoms with Crippen molar-refractivity contribution >= 4 is 0 Å². The monoisotopic (exact) mass is 301 g/mol. The summed E-state index contributed by atoms with van der Waals surface area (Å²) in [7, 11) is 0. The number of benzene rings is 1. The standard InChI is InChI=1S/C12H13F6NO/c1-2-9(20)10(19)6-3-7(11(13,14)15)5-8(4-6)12(16,17)18/h3-5,9-10,20H,2,19H2,1H3/t9-,10+/m1/s1. The summed E-state index contributed by atoms with van der Waals surface area (Å²) in [4.78, 5) is 0. The number of alkyl halides is 6. The summed E-state index contributed by atoms with van der Waals surface area (Å²) in [6.07, 6.45) is -11.0. The molecule has 0 aliphatic carbocycles. The van der Waals surface area contributed by atoms with Crippen LogP contribution in [0, 0.1) is 0 Å². The van der Waals surface area contributed by atoms with Crippen LogP contribution in [0.25, 0.3) is 0 Å². The summed E-state index contributed by atoms with van der Waals surface area (Å²) in [5.41, 5.74) is 2.20. The van der Waals surface area contributed by atoms with E-state index in [0.717, 1.165) is 0 Å². The van der Waals surface area contributed by atoms with Crippen LogP contribution in [-0.2, 0) is 12.4 Å². The lowest BCUT2D eigenvalue weighted by atomic mass is 9.96. The van der Waals surface area contributed by atoms with E-state index in [1.807, 2.05) is 0 Å². The van der Waals surface area contributed by atoms with E-state index in [4.69, 9.17) is 5.73 Å². The first-order valence-electron chi connectivity index (χ1n) is 5.69. The fraction of sp³-hybridized carbons (Fsp3) is 0.500. The second-order valence-electron chi connectivity index (χ2n) is 4.34. The molecule has 0 aliphatic rings. The predicted molar refractivity (Wildman–Crippen MR) is 59.7 cm³/mol. The number of nitrogens with two attached hydrogens (primary N) is 1. The first kappa shape index (κ1) is 16.8. The van der Waals surface area contributed by atoms with Crippen molar-refractivity contribution in [2.24, 2.45) is 5.73 Å². The minimum Gasteiger partial charge on any atom is -0.391 e. The lowest BCUT2D eigenvalue weighted by Gasteiger charge is -2.21. The highest BCUT2D eigenvalue weighted by molar-refractivity contribution is 5.35. The van der Waals surface area contributed by atoms with Crippen LogP contribution in [-0.4, -0.2) is 11.2 Å². The lowest BCUT2D eigenvalue weighted by molar-refractivity contribution is -0.143. The minimum atomic E-state index is -4.92. The third-order valence-electron chi connectivity index (χ3n) is 2.83. The molecule has 0 saturated heterocycles. The zero-order chi connectivity index (χ0) is 15.7. The van der Waals surface area contributed by atoms with Gasteiger partial charge in [-0.05, 0) is 30.2 Å². The Morgan fingerprint density at radius 2 is 1.40 bits per heavy atom. The molecule has 0 unspecified atom stereocenters. The minimum absolute atomic E-state index is 0.0224. The van der Waals surface area contributed by atoms with Gasteiger partial charge in [0.25, 0.3) is 0 Å². The Bertz CT molecular complexity index is 436. The second kappa shape index (κ2) is 5.61. The van der Waals surface area contributed by atoms with Crippen molar-refractivity contribution in [1.82, 2.24) is 0 Å². The summed E-state index contributed by atoms with van der Waals surface area (Å²) >= 11 is 0. The number of rotatable bonds is 3. The van der Waals surface area contributed by atoms with E-state index in [1.165, 1.54) is 6.92 Å². The molecule has 0 aliphatic heterocycles. The Morgan fingerprint density at radius 3 is 1.70 bits per heavy atom. The zero-order valence-corrected chi connectivity index (χ0v) is 10.4. The number of hydrogen-bond acceptors (Lipinski definition) is 2. The molecular formula is C12H13F6NO. The van der Waals surface area contributed by atoms with E-state index in [0.29, 0.717) is 12.1 Å². The summed E-state index contributed by atoms with van der Waals surface area (Å²) in [6, 6.07) is -0.241. The topological polar surface area (TPSA) is 46.2 Å². The number of halogens is 6. The smallest absolute Gasteiger partial charge is 0.391 e. The van der Waals surface area contributed by atoms with Gasteiger partial charge in [0.15, 0.2) is 0 Å². The molecule has 0 radical (unpaired) electrons. The molecule has 2 nitrogen and oxygen atoms in total. The predicted octanol–water partition coefficient (Wildman–Crippen LogP) is 3.49. The molecule has 0 bridgehead atoms. The quantitative estimate of drug-likeness (QED) is 0.839. The maximum Gasteiger partial charge on any atom is 0.416 e. The molecule has 20 heavy (non-hydrogen) atoms. The summed E-state index contributed by atoms with van der Waals surface area (Å²) in [5, 5.41) is 9.48. The van der Waals surface area contributed by atoms with Crippen LogP contribution in [0.3, 0.4) is 0 Å². The average Bonchev–Trinajstić information content (AvgIpc) is 2.34. The van der Waals surface area contributed by atoms with Crippen molar-refractivity contribution in [3.63, 3.8) is 0 Å². The molecule has 8 heteroatoms. The highest BCUT2D eigenvalue weighted by Gasteiger charge is 2.37. The molecule has 0 heterocycles. The Balaban J connectivity index is 3.38. The molecule has 1 aromatic carbocycles. The fourth-order valence-electron chi connectivity index (χ4n) is 1.65. The Morgan fingerprint density at radius 1 is 1.00 bits per heavy atom. The van der Waals surface area contributed by atoms with Gasteiger partial charge in [0.05, 0.1) is 23.3 Å². The van der Waals surface area contributed by atoms with Gasteiger partial charge in [-0.15, -0.1) is 0 Å². The van der Waals surface area contributed by atoms with E-state index >= 15 is 0 Å². The van der Waals surface area contributed by atoms with Crippen molar-refractivity contribution < 1.29 is 31.4 Å². The molecule has 0 fully saturated rings. The van der Waals surface area contributed by atoms with Gasteiger partial charge in [-0.25, -0.2) is 0 Å². The van der Waals surface area contributed by atoms with E-state index in [9.17, 15) is 31.4 Å². The molecule has 3 N–H and O–H groups in total. The molecule has 0 amide bonds. The second-order valence-corrected chi connectivity index (χ2v) is 4.34. The number of hydrogen-bond donors (Lipinski definition) is 2. The van der Waals surface area contributed by atoms with Crippen LogP contribution in [0.4, 0.5) is 26.3 Å². The van der Waals surface area contributed by atoms with Gasteiger partial charge in [0.2, 0.25) is 0 Å². The molecule has 1 rings (SSSR count). The molecular weight excluding hydrogens is 288 g/mol. The van der Waals surface area contributed by atoms with Gasteiger partial charge < -0.3 is 10.8 Å². The van der Waals surface area contributed by atoms with Gasteiger partial charge >= 0.3 is 12.4 Å². The first-order chi connectivity index (χ1) is 8.96. The van der Waals surface area contributed by atoms with E-state index < -0.39 is 41.2 Å². The molecule has 0 spiro atoms. The highest BCUT2D eigenvalue weighted by atomic mass is 19.4. The lowest BCUT2D eigenvalue weighted by Crippen LogP contribution is -2.26. The van der Waals surface area contributed by atoms with E-state index in [-0.39, 0.29) is 12.5 Å². The molecule has 114 valence electrons. The average molecular weight is 301 g/mol. The maximum absolute atomic E-state index is 12.6. The van der Waals surface area contributed by atoms with E-state index in [1.54, 1.807) is 0 Å². The van der Waals surface area contributed by atoms with E-state index in [2.05, 4.69) is 0 Å². The first-order valence-corrected chi connectivity index (χ1v) is 5.69. The van der Waals surface area contributed by atoms with Gasteiger partial charge in [-0.1, -0.05) is 6.92 Å². The van der Waals surface area contributed by atoms with Crippen molar-refractivity contribution in [2.75, 3.05) is 0 Å². The maximum atomic E-state index is 12.6. The van der Waals surface area contributed by atoms with Crippen LogP contribution >= 0.6 is 0 Å². The summed E-state index contributed by atoms with van der Waals surface area (Å²) in [5.74, 6) is 0. The van der Waals surface area contributed by atoms with Crippen LogP contribution in [0.1, 0.15) is 36.1 Å². The van der Waals surface area contributed by atoms with Gasteiger partial charge in [-0.3, -0.25) is 0 Å². The summed E-state index contributed by atoms with van der Waals surface area (Å²) < 4.78 is 75.7.